The fourth-order valence-electron chi connectivity index (χ4n) is 5.82. The molecule has 3 heterocycles. The Morgan fingerprint density at radius 3 is 1.64 bits per heavy atom. The summed E-state index contributed by atoms with van der Waals surface area (Å²) in [7, 11) is 1.27. The molecule has 312 valence electrons. The molecule has 56 heavy (non-hydrogen) atoms. The van der Waals surface area contributed by atoms with Crippen LogP contribution in [-0.4, -0.2) is 144 Å². The van der Waals surface area contributed by atoms with Crippen LogP contribution in [0, 0.1) is 0 Å². The molecule has 0 unspecified atom stereocenters. The number of hydrogen-bond acceptors (Lipinski definition) is 21. The van der Waals surface area contributed by atoms with Crippen molar-refractivity contribution in [2.45, 2.75) is 136 Å². The van der Waals surface area contributed by atoms with Gasteiger partial charge in [-0.05, 0) is 6.92 Å². The molecule has 0 amide bonds. The highest BCUT2D eigenvalue weighted by Crippen LogP contribution is 2.32. The van der Waals surface area contributed by atoms with Crippen molar-refractivity contribution >= 4 is 47.6 Å². The molecule has 22 nitrogen and oxygen atoms in total. The van der Waals surface area contributed by atoms with Gasteiger partial charge in [-0.2, -0.15) is 0 Å². The minimum atomic E-state index is -1.43. The highest BCUT2D eigenvalue weighted by Gasteiger charge is 2.54. The van der Waals surface area contributed by atoms with Crippen molar-refractivity contribution < 1.29 is 90.5 Å². The summed E-state index contributed by atoms with van der Waals surface area (Å²) in [5.41, 5.74) is 0.346. The first-order valence-corrected chi connectivity index (χ1v) is 17.4. The average Bonchev–Trinajstić information content (AvgIpc) is 3.53. The van der Waals surface area contributed by atoms with Gasteiger partial charge in [0.1, 0.15) is 24.6 Å². The SMILES string of the molecule is CO[C@H]1O[C@H](Cn2cc(CCO[C@H]3O[C@H](COC(C)=O)[C@@H](OC(C)=O)[C@H](OC(C)=O)[C@@H]3OC(C)=O)nn2)[C@@H](OC(=O)CCC(C)=O)[C@H](OC(C)=O)[C@H]1OC(C)=O. The van der Waals surface area contributed by atoms with Crippen LogP contribution in [0.15, 0.2) is 6.20 Å². The predicted octanol–water partition coefficient (Wildman–Crippen LogP) is -0.564. The standard InChI is InChI=1S/C34H47N3O19/c1-16(38)9-10-26(45)56-27-24(54-33(46-8)31(52-21(6)43)29(27)50-19(4)41)14-37-13-23(35-36-37)11-12-47-34-32(53-22(7)44)30(51-20(5)42)28(49-18(3)40)25(55-34)15-48-17(2)39/h13,24-25,27-34H,9-12,14-15H2,1-8H3/t24-,25-,27-,28-,29+,30+,31-,32+,33+,34+/m1/s1. The number of ketones is 1. The summed E-state index contributed by atoms with van der Waals surface area (Å²) < 4.78 is 62.4. The molecule has 1 aromatic heterocycles. The molecule has 0 aliphatic carbocycles. The Kier molecular flexibility index (Phi) is 17.2. The Bertz CT molecular complexity index is 1580. The lowest BCUT2D eigenvalue weighted by molar-refractivity contribution is -0.307. The molecule has 0 N–H and O–H groups in total. The zero-order valence-electron chi connectivity index (χ0n) is 32.2. The van der Waals surface area contributed by atoms with Crippen LogP contribution in [0.5, 0.6) is 0 Å². The largest absolute Gasteiger partial charge is 0.463 e. The van der Waals surface area contributed by atoms with Gasteiger partial charge in [-0.1, -0.05) is 5.21 Å². The van der Waals surface area contributed by atoms with E-state index in [-0.39, 0.29) is 38.2 Å². The van der Waals surface area contributed by atoms with E-state index in [1.165, 1.54) is 24.9 Å². The van der Waals surface area contributed by atoms with E-state index in [1.807, 2.05) is 0 Å². The van der Waals surface area contributed by atoms with Gasteiger partial charge < -0.3 is 56.9 Å². The van der Waals surface area contributed by atoms with Crippen molar-refractivity contribution in [2.24, 2.45) is 0 Å². The lowest BCUT2D eigenvalue weighted by Crippen LogP contribution is -2.63. The number of aromatic nitrogens is 3. The molecule has 0 aromatic carbocycles. The van der Waals surface area contributed by atoms with Crippen LogP contribution in [0.1, 0.15) is 67.0 Å². The average molecular weight is 802 g/mol. The zero-order chi connectivity index (χ0) is 41.7. The maximum Gasteiger partial charge on any atom is 0.306 e. The van der Waals surface area contributed by atoms with E-state index >= 15 is 0 Å². The van der Waals surface area contributed by atoms with Crippen LogP contribution in [0.2, 0.25) is 0 Å². The highest BCUT2D eigenvalue weighted by molar-refractivity contribution is 5.81. The quantitative estimate of drug-likeness (QED) is 0.133. The Labute approximate surface area is 320 Å². The van der Waals surface area contributed by atoms with Crippen LogP contribution >= 0.6 is 0 Å². The number of hydrogen-bond donors (Lipinski definition) is 0. The molecule has 1 aromatic rings. The Morgan fingerprint density at radius 2 is 1.12 bits per heavy atom. The van der Waals surface area contributed by atoms with Gasteiger partial charge in [0.25, 0.3) is 0 Å². The Balaban J connectivity index is 1.83. The molecular weight excluding hydrogens is 754 g/mol. The van der Waals surface area contributed by atoms with E-state index in [2.05, 4.69) is 10.3 Å². The van der Waals surface area contributed by atoms with Crippen molar-refractivity contribution in [3.05, 3.63) is 11.9 Å². The van der Waals surface area contributed by atoms with Gasteiger partial charge >= 0.3 is 41.8 Å². The van der Waals surface area contributed by atoms with Crippen molar-refractivity contribution in [3.8, 4) is 0 Å². The first kappa shape index (κ1) is 45.3. The second kappa shape index (κ2) is 21.3. The van der Waals surface area contributed by atoms with Crippen LogP contribution in [0.3, 0.4) is 0 Å². The lowest BCUT2D eigenvalue weighted by Gasteiger charge is -2.44. The minimum absolute atomic E-state index is 0.0626. The Hall–Kier alpha value is -5.06. The number of carbonyl (C=O) groups excluding carboxylic acids is 8. The van der Waals surface area contributed by atoms with Crippen molar-refractivity contribution in [2.75, 3.05) is 20.3 Å². The third kappa shape index (κ3) is 13.9. The van der Waals surface area contributed by atoms with E-state index in [9.17, 15) is 38.4 Å². The monoisotopic (exact) mass is 801 g/mol. The summed E-state index contributed by atoms with van der Waals surface area (Å²) >= 11 is 0. The fraction of sp³-hybridized carbons (Fsp3) is 0.706. The molecule has 2 aliphatic rings. The molecule has 0 radical (unpaired) electrons. The number of ether oxygens (including phenoxy) is 11. The lowest BCUT2D eigenvalue weighted by atomic mass is 9.97. The topological polar surface area (TPSA) is 269 Å². The van der Waals surface area contributed by atoms with Crippen molar-refractivity contribution in [1.29, 1.82) is 0 Å². The Morgan fingerprint density at radius 1 is 0.625 bits per heavy atom. The summed E-state index contributed by atoms with van der Waals surface area (Å²) in [5, 5.41) is 8.23. The van der Waals surface area contributed by atoms with E-state index in [1.54, 1.807) is 0 Å². The summed E-state index contributed by atoms with van der Waals surface area (Å²) in [6.07, 6.45) is -12.2. The van der Waals surface area contributed by atoms with E-state index in [4.69, 9.17) is 52.1 Å². The first-order valence-electron chi connectivity index (χ1n) is 17.4. The van der Waals surface area contributed by atoms with Crippen molar-refractivity contribution in [1.82, 2.24) is 15.0 Å². The van der Waals surface area contributed by atoms with Crippen LogP contribution < -0.4 is 0 Å². The number of rotatable bonds is 18. The zero-order valence-corrected chi connectivity index (χ0v) is 32.2. The third-order valence-electron chi connectivity index (χ3n) is 7.92. The first-order chi connectivity index (χ1) is 26.4. The normalized spacial score (nSPS) is 27.2. The maximum atomic E-state index is 12.8. The number of carbonyl (C=O) groups is 8. The van der Waals surface area contributed by atoms with Crippen LogP contribution in [0.4, 0.5) is 0 Å². The number of esters is 7. The van der Waals surface area contributed by atoms with E-state index in [0.717, 1.165) is 41.5 Å². The van der Waals surface area contributed by atoms with Crippen molar-refractivity contribution in [3.63, 3.8) is 0 Å². The summed E-state index contributed by atoms with van der Waals surface area (Å²) in [4.78, 5) is 96.3. The molecule has 2 fully saturated rings. The maximum absolute atomic E-state index is 12.8. The second-order valence-electron chi connectivity index (χ2n) is 12.7. The molecule has 0 spiro atoms. The fourth-order valence-corrected chi connectivity index (χ4v) is 5.82. The van der Waals surface area contributed by atoms with Crippen LogP contribution in [0.25, 0.3) is 0 Å². The smallest absolute Gasteiger partial charge is 0.306 e. The molecule has 2 aliphatic heterocycles. The highest BCUT2D eigenvalue weighted by atomic mass is 16.7. The van der Waals surface area contributed by atoms with E-state index < -0.39 is 110 Å². The number of methoxy groups -OCH3 is 1. The molecule has 22 heteroatoms. The van der Waals surface area contributed by atoms with Gasteiger partial charge in [0.05, 0.1) is 25.3 Å². The number of nitrogens with zero attached hydrogens (tertiary/aromatic N) is 3. The third-order valence-corrected chi connectivity index (χ3v) is 7.92. The molecule has 2 saturated heterocycles. The van der Waals surface area contributed by atoms with Gasteiger partial charge in [0.2, 0.25) is 0 Å². The summed E-state index contributed by atoms with van der Waals surface area (Å²) in [6.45, 7) is 7.21. The van der Waals surface area contributed by atoms with Crippen LogP contribution in [-0.2, 0) is 103 Å². The second-order valence-corrected chi connectivity index (χ2v) is 12.7. The molecule has 3 rings (SSSR count). The molecule has 0 bridgehead atoms. The molecule has 0 saturated carbocycles. The summed E-state index contributed by atoms with van der Waals surface area (Å²) in [5.74, 6) is -5.69. The van der Waals surface area contributed by atoms with Gasteiger partial charge in [0.15, 0.2) is 49.2 Å². The van der Waals surface area contributed by atoms with Gasteiger partial charge in [-0.25, -0.2) is 4.68 Å². The number of Topliss-reactive ketones (excluding diaryl/α,β-unsaturated/α-hetero) is 1. The predicted molar refractivity (Wildman–Crippen MR) is 178 cm³/mol. The van der Waals surface area contributed by atoms with E-state index in [0.29, 0.717) is 5.69 Å². The minimum Gasteiger partial charge on any atom is -0.463 e. The van der Waals surface area contributed by atoms with Gasteiger partial charge in [-0.3, -0.25) is 33.6 Å². The summed E-state index contributed by atoms with van der Waals surface area (Å²) in [6, 6.07) is 0. The van der Waals surface area contributed by atoms with Gasteiger partial charge in [-0.15, -0.1) is 5.10 Å². The molecule has 10 atom stereocenters. The van der Waals surface area contributed by atoms with Gasteiger partial charge in [0, 0.05) is 67.7 Å². The molecular formula is C34H47N3O19.